The van der Waals surface area contributed by atoms with Gasteiger partial charge in [-0.1, -0.05) is 32.9 Å². The molecule has 0 radical (unpaired) electrons. The summed E-state index contributed by atoms with van der Waals surface area (Å²) in [7, 11) is 0. The number of aromatic nitrogens is 1. The summed E-state index contributed by atoms with van der Waals surface area (Å²) >= 11 is 0. The van der Waals surface area contributed by atoms with Gasteiger partial charge in [0.1, 0.15) is 0 Å². The van der Waals surface area contributed by atoms with Gasteiger partial charge in [-0.25, -0.2) is 0 Å². The lowest BCUT2D eigenvalue weighted by atomic mass is 10.1. The molecule has 0 unspecified atom stereocenters. The van der Waals surface area contributed by atoms with E-state index in [-0.39, 0.29) is 1.43 Å². The second-order valence-electron chi connectivity index (χ2n) is 3.21. The summed E-state index contributed by atoms with van der Waals surface area (Å²) in [5.41, 5.74) is 3.98. The molecule has 0 aliphatic heterocycles. The average Bonchev–Trinajstić information content (AvgIpc) is 2.63. The van der Waals surface area contributed by atoms with Gasteiger partial charge >= 0.3 is 0 Å². The molecule has 1 nitrogen and oxygen atoms in total. The first-order chi connectivity index (χ1) is 6.81. The Labute approximate surface area is 87.6 Å². The quantitative estimate of drug-likeness (QED) is 0.691. The number of hydrogen-bond acceptors (Lipinski definition) is 0. The van der Waals surface area contributed by atoms with Crippen molar-refractivity contribution in [3.05, 3.63) is 35.5 Å². The summed E-state index contributed by atoms with van der Waals surface area (Å²) < 4.78 is 0. The standard InChI is InChI=1S/C11H13N.C2H6.H2/c1-3-9-4-5-10-8(2)7-12-11(10)6-9;1-2;/h4-7,12H,3H2,1-2H3;1-2H3;1H. The van der Waals surface area contributed by atoms with E-state index in [1.165, 1.54) is 22.0 Å². The monoisotopic (exact) mass is 191 g/mol. The maximum atomic E-state index is 3.26. The lowest BCUT2D eigenvalue weighted by Crippen LogP contribution is -1.78. The molecule has 0 aliphatic rings. The Balaban J connectivity index is 0.000000617. The summed E-state index contributed by atoms with van der Waals surface area (Å²) in [5, 5.41) is 1.34. The predicted molar refractivity (Wildman–Crippen MR) is 65.9 cm³/mol. The first kappa shape index (κ1) is 10.8. The lowest BCUT2D eigenvalue weighted by molar-refractivity contribution is 1.14. The van der Waals surface area contributed by atoms with E-state index in [1.54, 1.807) is 0 Å². The fourth-order valence-electron chi connectivity index (χ4n) is 1.54. The zero-order chi connectivity index (χ0) is 10.6. The number of hydrogen-bond donors (Lipinski definition) is 1. The summed E-state index contributed by atoms with van der Waals surface area (Å²) in [6.07, 6.45) is 3.16. The van der Waals surface area contributed by atoms with Crippen molar-refractivity contribution in [1.82, 2.24) is 4.98 Å². The molecule has 1 N–H and O–H groups in total. The Morgan fingerprint density at radius 2 is 2.00 bits per heavy atom. The van der Waals surface area contributed by atoms with Crippen molar-refractivity contribution >= 4 is 10.9 Å². The molecule has 78 valence electrons. The highest BCUT2D eigenvalue weighted by molar-refractivity contribution is 5.83. The van der Waals surface area contributed by atoms with Crippen molar-refractivity contribution in [2.75, 3.05) is 0 Å². The average molecular weight is 191 g/mol. The Morgan fingerprint density at radius 1 is 1.29 bits per heavy atom. The van der Waals surface area contributed by atoms with E-state index in [9.17, 15) is 0 Å². The molecule has 0 atom stereocenters. The van der Waals surface area contributed by atoms with Crippen LogP contribution < -0.4 is 0 Å². The normalized spacial score (nSPS) is 9.71. The number of nitrogens with one attached hydrogen (secondary N) is 1. The summed E-state index contributed by atoms with van der Waals surface area (Å²) in [5.74, 6) is 0. The van der Waals surface area contributed by atoms with E-state index in [0.717, 1.165) is 6.42 Å². The number of aryl methyl sites for hydroxylation is 2. The van der Waals surface area contributed by atoms with E-state index in [1.807, 2.05) is 13.8 Å². The van der Waals surface area contributed by atoms with Crippen molar-refractivity contribution in [3.63, 3.8) is 0 Å². The van der Waals surface area contributed by atoms with E-state index < -0.39 is 0 Å². The largest absolute Gasteiger partial charge is 0.361 e. The van der Waals surface area contributed by atoms with Gasteiger partial charge in [-0.2, -0.15) is 0 Å². The maximum absolute atomic E-state index is 3.26. The van der Waals surface area contributed by atoms with Gasteiger partial charge in [0, 0.05) is 18.5 Å². The smallest absolute Gasteiger partial charge is 0.0459 e. The highest BCUT2D eigenvalue weighted by atomic mass is 14.7. The Morgan fingerprint density at radius 3 is 2.64 bits per heavy atom. The van der Waals surface area contributed by atoms with Crippen molar-refractivity contribution in [2.45, 2.75) is 34.1 Å². The second kappa shape index (κ2) is 4.85. The molecule has 0 bridgehead atoms. The van der Waals surface area contributed by atoms with Gasteiger partial charge in [0.05, 0.1) is 0 Å². The van der Waals surface area contributed by atoms with Crippen molar-refractivity contribution in [2.24, 2.45) is 0 Å². The van der Waals surface area contributed by atoms with Crippen LogP contribution in [0.15, 0.2) is 24.4 Å². The van der Waals surface area contributed by atoms with Gasteiger partial charge in [0.15, 0.2) is 0 Å². The molecular formula is C13H21N. The fraction of sp³-hybridized carbons (Fsp3) is 0.385. The van der Waals surface area contributed by atoms with Gasteiger partial charge in [0.2, 0.25) is 0 Å². The highest BCUT2D eigenvalue weighted by Crippen LogP contribution is 2.18. The highest BCUT2D eigenvalue weighted by Gasteiger charge is 1.98. The van der Waals surface area contributed by atoms with Gasteiger partial charge in [-0.05, 0) is 30.5 Å². The molecule has 1 heterocycles. The minimum atomic E-state index is 0. The maximum Gasteiger partial charge on any atom is 0.0459 e. The zero-order valence-electron chi connectivity index (χ0n) is 9.52. The molecule has 0 spiro atoms. The molecule has 0 fully saturated rings. The van der Waals surface area contributed by atoms with Crippen molar-refractivity contribution < 1.29 is 1.43 Å². The number of rotatable bonds is 1. The van der Waals surface area contributed by atoms with Crippen LogP contribution in [-0.2, 0) is 6.42 Å². The molecule has 1 heteroatoms. The van der Waals surface area contributed by atoms with E-state index in [4.69, 9.17) is 0 Å². The van der Waals surface area contributed by atoms with Gasteiger partial charge in [-0.15, -0.1) is 0 Å². The third-order valence-corrected chi connectivity index (χ3v) is 2.36. The molecule has 0 amide bonds. The van der Waals surface area contributed by atoms with Crippen LogP contribution in [-0.4, -0.2) is 4.98 Å². The van der Waals surface area contributed by atoms with Crippen molar-refractivity contribution in [1.29, 1.82) is 0 Å². The van der Waals surface area contributed by atoms with Gasteiger partial charge < -0.3 is 4.98 Å². The van der Waals surface area contributed by atoms with Crippen LogP contribution in [0.2, 0.25) is 0 Å². The molecule has 14 heavy (non-hydrogen) atoms. The zero-order valence-corrected chi connectivity index (χ0v) is 9.52. The SMILES string of the molecule is CC.CCc1ccc2c(C)c[nH]c2c1.[HH]. The molecular weight excluding hydrogens is 170 g/mol. The van der Waals surface area contributed by atoms with Gasteiger partial charge in [-0.3, -0.25) is 0 Å². The van der Waals surface area contributed by atoms with Crippen LogP contribution in [0.5, 0.6) is 0 Å². The topological polar surface area (TPSA) is 15.8 Å². The number of fused-ring (bicyclic) bond motifs is 1. The predicted octanol–water partition coefficient (Wildman–Crippen LogP) is 4.31. The summed E-state index contributed by atoms with van der Waals surface area (Å²) in [4.78, 5) is 3.26. The Kier molecular flexibility index (Phi) is 3.75. The fourth-order valence-corrected chi connectivity index (χ4v) is 1.54. The van der Waals surface area contributed by atoms with Crippen LogP contribution in [0.1, 0.15) is 33.3 Å². The molecule has 1 aromatic carbocycles. The summed E-state index contributed by atoms with van der Waals surface area (Å²) in [6.45, 7) is 8.31. The van der Waals surface area contributed by atoms with E-state index in [2.05, 4.69) is 43.2 Å². The van der Waals surface area contributed by atoms with E-state index in [0.29, 0.717) is 0 Å². The Hall–Kier alpha value is -1.24. The van der Waals surface area contributed by atoms with Crippen LogP contribution in [0.3, 0.4) is 0 Å². The summed E-state index contributed by atoms with van der Waals surface area (Å²) in [6, 6.07) is 6.62. The first-order valence-corrected chi connectivity index (χ1v) is 5.38. The van der Waals surface area contributed by atoms with Crippen LogP contribution in [0, 0.1) is 6.92 Å². The minimum absolute atomic E-state index is 0. The van der Waals surface area contributed by atoms with Crippen LogP contribution >= 0.6 is 0 Å². The van der Waals surface area contributed by atoms with Gasteiger partial charge in [0.25, 0.3) is 0 Å². The van der Waals surface area contributed by atoms with Crippen LogP contribution in [0.25, 0.3) is 10.9 Å². The lowest BCUT2D eigenvalue weighted by Gasteiger charge is -1.96. The van der Waals surface area contributed by atoms with E-state index >= 15 is 0 Å². The van der Waals surface area contributed by atoms with Crippen molar-refractivity contribution in [3.8, 4) is 0 Å². The third-order valence-electron chi connectivity index (χ3n) is 2.36. The molecule has 2 rings (SSSR count). The van der Waals surface area contributed by atoms with Crippen LogP contribution in [0.4, 0.5) is 0 Å². The molecule has 2 aromatic rings. The molecule has 0 saturated carbocycles. The second-order valence-corrected chi connectivity index (χ2v) is 3.21. The number of H-pyrrole nitrogens is 1. The number of benzene rings is 1. The minimum Gasteiger partial charge on any atom is -0.361 e. The molecule has 0 aliphatic carbocycles. The molecule has 1 aromatic heterocycles. The number of aromatic amines is 1. The first-order valence-electron chi connectivity index (χ1n) is 5.38. The Bertz CT molecular complexity index is 404. The molecule has 0 saturated heterocycles. The third kappa shape index (κ3) is 1.98.